The standard InChI is InChI=1S/C16H36N.Ar.HI/c1-5-9-13-17(14-10-6-2,15-11-7-3)16-12-8-4;;/h5-16H2,1-4H3;;1H/q+1;;/p-1. The monoisotopic (exact) mass is 409 g/mol. The molecule has 0 fully saturated rings. The molecule has 0 N–H and O–H groups in total. The number of quaternary nitrogens is 1. The van der Waals surface area contributed by atoms with Crippen molar-refractivity contribution < 1.29 is 66.2 Å². The molecule has 0 bridgehead atoms. The van der Waals surface area contributed by atoms with Gasteiger partial charge in [-0.15, -0.1) is 0 Å². The van der Waals surface area contributed by atoms with Crippen molar-refractivity contribution in [2.24, 2.45) is 0 Å². The third kappa shape index (κ3) is 13.3. The minimum absolute atomic E-state index is 0. The average Bonchev–Trinajstić information content (AvgIpc) is 2.37. The molecule has 0 unspecified atom stereocenters. The van der Waals surface area contributed by atoms with E-state index in [4.69, 9.17) is 0 Å². The van der Waals surface area contributed by atoms with Crippen LogP contribution in [0.3, 0.4) is 0 Å². The predicted molar refractivity (Wildman–Crippen MR) is 79.4 cm³/mol. The fourth-order valence-corrected chi connectivity index (χ4v) is 2.64. The Balaban J connectivity index is -0.00000128. The number of nitrogens with zero attached hydrogens (tertiary/aromatic N) is 1. The van der Waals surface area contributed by atoms with Crippen LogP contribution in [-0.4, -0.2) is 30.7 Å². The molecule has 0 amide bonds. The summed E-state index contributed by atoms with van der Waals surface area (Å²) < 4.78 is 1.42. The molecule has 0 saturated heterocycles. The molecule has 0 aliphatic rings. The Kier molecular flexibility index (Phi) is 24.5. The van der Waals surface area contributed by atoms with Gasteiger partial charge in [-0.05, 0) is 25.7 Å². The Labute approximate surface area is 169 Å². The van der Waals surface area contributed by atoms with Gasteiger partial charge < -0.3 is 28.5 Å². The van der Waals surface area contributed by atoms with E-state index in [2.05, 4.69) is 27.7 Å². The Morgan fingerprint density at radius 2 is 0.737 bits per heavy atom. The predicted octanol–water partition coefficient (Wildman–Crippen LogP) is 2.01. The Morgan fingerprint density at radius 3 is 0.895 bits per heavy atom. The van der Waals surface area contributed by atoms with Crippen molar-refractivity contribution in [3.63, 3.8) is 0 Å². The fourth-order valence-electron chi connectivity index (χ4n) is 2.64. The first-order valence-electron chi connectivity index (χ1n) is 8.09. The Bertz CT molecular complexity index is 127. The Hall–Kier alpha value is 1.95. The summed E-state index contributed by atoms with van der Waals surface area (Å²) in [5.41, 5.74) is 0. The van der Waals surface area contributed by atoms with Gasteiger partial charge in [0.25, 0.3) is 0 Å². The van der Waals surface area contributed by atoms with Gasteiger partial charge >= 0.3 is 0 Å². The van der Waals surface area contributed by atoms with E-state index < -0.39 is 0 Å². The van der Waals surface area contributed by atoms with Gasteiger partial charge in [0.1, 0.15) is 0 Å². The van der Waals surface area contributed by atoms with E-state index in [1.807, 2.05) is 0 Å². The van der Waals surface area contributed by atoms with Crippen LogP contribution in [0.2, 0.25) is 0 Å². The maximum Gasteiger partial charge on any atom is 0.0786 e. The third-order valence-corrected chi connectivity index (χ3v) is 3.94. The van der Waals surface area contributed by atoms with Crippen molar-refractivity contribution in [1.29, 1.82) is 0 Å². The van der Waals surface area contributed by atoms with E-state index in [1.165, 1.54) is 82.0 Å². The quantitative estimate of drug-likeness (QED) is 0.342. The van der Waals surface area contributed by atoms with Crippen molar-refractivity contribution in [2.75, 3.05) is 26.2 Å². The molecule has 0 aliphatic carbocycles. The molecule has 0 saturated carbocycles. The largest absolute Gasteiger partial charge is 1.00 e. The number of rotatable bonds is 12. The number of halogens is 1. The zero-order valence-electron chi connectivity index (χ0n) is 13.7. The maximum absolute atomic E-state index is 2.33. The smallest absolute Gasteiger partial charge is 0.0786 e. The van der Waals surface area contributed by atoms with Gasteiger partial charge in [-0.3, -0.25) is 0 Å². The van der Waals surface area contributed by atoms with Crippen LogP contribution in [0.5, 0.6) is 0 Å². The summed E-state index contributed by atoms with van der Waals surface area (Å²) in [5, 5.41) is 0. The molecular formula is C16H36ArIN. The minimum Gasteiger partial charge on any atom is -1.00 e. The third-order valence-electron chi connectivity index (χ3n) is 3.94. The van der Waals surface area contributed by atoms with Gasteiger partial charge in [0.15, 0.2) is 0 Å². The molecular weight excluding hydrogens is 373 g/mol. The van der Waals surface area contributed by atoms with E-state index in [-0.39, 0.29) is 61.7 Å². The van der Waals surface area contributed by atoms with Crippen LogP contribution in [-0.2, 0) is 0 Å². The van der Waals surface area contributed by atoms with Crippen molar-refractivity contribution in [3.8, 4) is 0 Å². The van der Waals surface area contributed by atoms with Crippen LogP contribution >= 0.6 is 0 Å². The van der Waals surface area contributed by atoms with Crippen molar-refractivity contribution in [3.05, 3.63) is 0 Å². The van der Waals surface area contributed by atoms with E-state index in [9.17, 15) is 0 Å². The van der Waals surface area contributed by atoms with Crippen LogP contribution in [0.1, 0.15) is 79.1 Å². The summed E-state index contributed by atoms with van der Waals surface area (Å²) in [5.74, 6) is 0. The van der Waals surface area contributed by atoms with Gasteiger partial charge in [0.05, 0.1) is 26.2 Å². The van der Waals surface area contributed by atoms with Gasteiger partial charge in [-0.2, -0.15) is 0 Å². The summed E-state index contributed by atoms with van der Waals surface area (Å²) in [7, 11) is 0. The second kappa shape index (κ2) is 18.0. The summed E-state index contributed by atoms with van der Waals surface area (Å²) in [6.07, 6.45) is 11.1. The van der Waals surface area contributed by atoms with Crippen molar-refractivity contribution in [1.82, 2.24) is 0 Å². The summed E-state index contributed by atoms with van der Waals surface area (Å²) in [6, 6.07) is 0. The molecule has 19 heavy (non-hydrogen) atoms. The molecule has 0 rings (SSSR count). The molecule has 120 valence electrons. The second-order valence-electron chi connectivity index (χ2n) is 5.65. The molecule has 0 atom stereocenters. The first-order valence-corrected chi connectivity index (χ1v) is 8.09. The molecule has 0 aliphatic heterocycles. The van der Waals surface area contributed by atoms with E-state index in [1.54, 1.807) is 0 Å². The van der Waals surface area contributed by atoms with Gasteiger partial charge in [0.2, 0.25) is 0 Å². The van der Waals surface area contributed by atoms with E-state index in [0.717, 1.165) is 0 Å². The van der Waals surface area contributed by atoms with Crippen molar-refractivity contribution in [2.45, 2.75) is 79.1 Å². The molecule has 0 aromatic heterocycles. The molecule has 0 spiro atoms. The van der Waals surface area contributed by atoms with Crippen LogP contribution in [0.15, 0.2) is 0 Å². The topological polar surface area (TPSA) is 0 Å². The second-order valence-corrected chi connectivity index (χ2v) is 5.65. The zero-order valence-corrected chi connectivity index (χ0v) is 16.5. The Morgan fingerprint density at radius 1 is 0.526 bits per heavy atom. The van der Waals surface area contributed by atoms with Gasteiger partial charge in [0, 0.05) is 37.7 Å². The SMILES string of the molecule is CCCC[N+](CCCC)(CCCC)CCCC.[Ar].[I-]. The van der Waals surface area contributed by atoms with Gasteiger partial charge in [-0.25, -0.2) is 0 Å². The van der Waals surface area contributed by atoms with E-state index in [0.29, 0.717) is 0 Å². The van der Waals surface area contributed by atoms with Crippen LogP contribution in [0.4, 0.5) is 0 Å². The average molecular weight is 409 g/mol. The maximum atomic E-state index is 2.33. The summed E-state index contributed by atoms with van der Waals surface area (Å²) >= 11 is 0. The summed E-state index contributed by atoms with van der Waals surface area (Å²) in [6.45, 7) is 15.0. The summed E-state index contributed by atoms with van der Waals surface area (Å²) in [4.78, 5) is 0. The number of hydrogen-bond acceptors (Lipinski definition) is 0. The molecule has 0 radical (unpaired) electrons. The fraction of sp³-hybridized carbons (Fsp3) is 1.00. The zero-order chi connectivity index (χ0) is 13.0. The molecule has 0 aromatic carbocycles. The van der Waals surface area contributed by atoms with Crippen LogP contribution in [0, 0.1) is 37.7 Å². The normalized spacial score (nSPS) is 10.7. The van der Waals surface area contributed by atoms with E-state index >= 15 is 0 Å². The number of hydrogen-bond donors (Lipinski definition) is 0. The number of unbranched alkanes of at least 4 members (excludes halogenated alkanes) is 4. The first-order chi connectivity index (χ1) is 8.24. The minimum atomic E-state index is 0. The molecule has 0 aromatic rings. The first kappa shape index (κ1) is 25.9. The van der Waals surface area contributed by atoms with Crippen LogP contribution in [0.25, 0.3) is 0 Å². The van der Waals surface area contributed by atoms with Crippen molar-refractivity contribution >= 4 is 0 Å². The molecule has 0 heterocycles. The van der Waals surface area contributed by atoms with Gasteiger partial charge in [-0.1, -0.05) is 53.4 Å². The molecule has 1 nitrogen and oxygen atoms in total. The van der Waals surface area contributed by atoms with Crippen LogP contribution < -0.4 is 24.0 Å². The molecule has 3 heteroatoms.